The van der Waals surface area contributed by atoms with E-state index in [2.05, 4.69) is 21.2 Å². The molecule has 1 aromatic rings. The molecule has 0 bridgehead atoms. The highest BCUT2D eigenvalue weighted by atomic mass is 79.9. The van der Waals surface area contributed by atoms with Gasteiger partial charge in [-0.15, -0.1) is 0 Å². The van der Waals surface area contributed by atoms with Crippen LogP contribution in [0.2, 0.25) is 0 Å². The quantitative estimate of drug-likeness (QED) is 0.726. The number of carbonyl (C=O) groups is 1. The van der Waals surface area contributed by atoms with Crippen molar-refractivity contribution >= 4 is 27.5 Å². The predicted octanol–water partition coefficient (Wildman–Crippen LogP) is 2.58. The lowest BCUT2D eigenvalue weighted by atomic mass is 10.2. The number of anilines is 1. The highest BCUT2D eigenvalue weighted by molar-refractivity contribution is 9.10. The average Bonchev–Trinajstić information content (AvgIpc) is 2.31. The maximum Gasteiger partial charge on any atom is 0.228 e. The zero-order chi connectivity index (χ0) is 7.84. The summed E-state index contributed by atoms with van der Waals surface area (Å²) in [6.07, 6.45) is 0.497. The molecule has 1 aliphatic heterocycles. The SMILES string of the molecule is C.O=C1Cc2c(Br)cccc2N1. The van der Waals surface area contributed by atoms with Crippen LogP contribution in [0.25, 0.3) is 0 Å². The highest BCUT2D eigenvalue weighted by Crippen LogP contribution is 2.29. The lowest BCUT2D eigenvalue weighted by molar-refractivity contribution is -0.115. The molecule has 3 heteroatoms. The van der Waals surface area contributed by atoms with Crippen molar-refractivity contribution in [3.63, 3.8) is 0 Å². The van der Waals surface area contributed by atoms with Crippen molar-refractivity contribution < 1.29 is 4.79 Å². The minimum atomic E-state index is 0. The van der Waals surface area contributed by atoms with E-state index in [0.717, 1.165) is 15.7 Å². The molecule has 2 rings (SSSR count). The second kappa shape index (κ2) is 3.27. The van der Waals surface area contributed by atoms with E-state index in [1.165, 1.54) is 0 Å². The molecule has 1 aliphatic rings. The Morgan fingerprint density at radius 1 is 1.42 bits per heavy atom. The first-order valence-corrected chi connectivity index (χ1v) is 4.14. The molecule has 64 valence electrons. The zero-order valence-electron chi connectivity index (χ0n) is 5.73. The van der Waals surface area contributed by atoms with Gasteiger partial charge in [-0.2, -0.15) is 0 Å². The predicted molar refractivity (Wildman–Crippen MR) is 53.2 cm³/mol. The Labute approximate surface area is 80.1 Å². The van der Waals surface area contributed by atoms with Crippen molar-refractivity contribution in [2.45, 2.75) is 13.8 Å². The summed E-state index contributed by atoms with van der Waals surface area (Å²) in [6, 6.07) is 5.76. The summed E-state index contributed by atoms with van der Waals surface area (Å²) in [5.41, 5.74) is 2.00. The van der Waals surface area contributed by atoms with Gasteiger partial charge in [0.1, 0.15) is 0 Å². The first kappa shape index (κ1) is 9.26. The Bertz CT molecular complexity index is 322. The van der Waals surface area contributed by atoms with Crippen LogP contribution in [0.3, 0.4) is 0 Å². The molecule has 1 aromatic carbocycles. The number of fused-ring (bicyclic) bond motifs is 1. The topological polar surface area (TPSA) is 29.1 Å². The number of hydrogen-bond acceptors (Lipinski definition) is 1. The van der Waals surface area contributed by atoms with Crippen molar-refractivity contribution in [2.24, 2.45) is 0 Å². The smallest absolute Gasteiger partial charge is 0.228 e. The van der Waals surface area contributed by atoms with Gasteiger partial charge < -0.3 is 5.32 Å². The molecule has 2 nitrogen and oxygen atoms in total. The molecule has 0 spiro atoms. The minimum absolute atomic E-state index is 0. The normalized spacial score (nSPS) is 13.2. The molecule has 0 fully saturated rings. The number of carbonyl (C=O) groups excluding carboxylic acids is 1. The standard InChI is InChI=1S/C8H6BrNO.CH4/c9-6-2-1-3-7-5(6)4-8(11)10-7;/h1-3H,4H2,(H,10,11);1H4. The van der Waals surface area contributed by atoms with E-state index in [9.17, 15) is 4.79 Å². The Morgan fingerprint density at radius 2 is 2.17 bits per heavy atom. The van der Waals surface area contributed by atoms with E-state index in [0.29, 0.717) is 6.42 Å². The second-order valence-electron chi connectivity index (χ2n) is 2.49. The summed E-state index contributed by atoms with van der Waals surface area (Å²) in [4.78, 5) is 10.9. The molecule has 0 unspecified atom stereocenters. The van der Waals surface area contributed by atoms with Gasteiger partial charge in [0.05, 0.1) is 6.42 Å². The number of halogens is 1. The first-order valence-electron chi connectivity index (χ1n) is 3.34. The van der Waals surface area contributed by atoms with Gasteiger partial charge in [-0.05, 0) is 17.7 Å². The Kier molecular flexibility index (Phi) is 2.52. The lowest BCUT2D eigenvalue weighted by Gasteiger charge is -1.97. The number of amides is 1. The molecule has 0 saturated heterocycles. The second-order valence-corrected chi connectivity index (χ2v) is 3.35. The summed E-state index contributed by atoms with van der Waals surface area (Å²) in [6.45, 7) is 0. The summed E-state index contributed by atoms with van der Waals surface area (Å²) in [7, 11) is 0. The largest absolute Gasteiger partial charge is 0.325 e. The Hall–Kier alpha value is -0.830. The fourth-order valence-corrected chi connectivity index (χ4v) is 1.72. The molecule has 1 heterocycles. The number of hydrogen-bond donors (Lipinski definition) is 1. The monoisotopic (exact) mass is 227 g/mol. The summed E-state index contributed by atoms with van der Waals surface area (Å²) < 4.78 is 1.01. The van der Waals surface area contributed by atoms with Gasteiger partial charge in [-0.25, -0.2) is 0 Å². The first-order chi connectivity index (χ1) is 5.27. The molecule has 12 heavy (non-hydrogen) atoms. The number of rotatable bonds is 0. The van der Waals surface area contributed by atoms with Crippen LogP contribution >= 0.6 is 15.9 Å². The fraction of sp³-hybridized carbons (Fsp3) is 0.222. The molecule has 0 atom stereocenters. The Balaban J connectivity index is 0.000000720. The van der Waals surface area contributed by atoms with Crippen molar-refractivity contribution in [1.29, 1.82) is 0 Å². The van der Waals surface area contributed by atoms with Crippen LogP contribution in [0.15, 0.2) is 22.7 Å². The summed E-state index contributed by atoms with van der Waals surface area (Å²) in [5, 5.41) is 2.77. The Morgan fingerprint density at radius 3 is 2.83 bits per heavy atom. The fourth-order valence-electron chi connectivity index (χ4n) is 1.21. The van der Waals surface area contributed by atoms with Crippen LogP contribution in [0.4, 0.5) is 5.69 Å². The number of benzene rings is 1. The molecule has 1 amide bonds. The third kappa shape index (κ3) is 1.37. The van der Waals surface area contributed by atoms with E-state index in [4.69, 9.17) is 0 Å². The van der Waals surface area contributed by atoms with Gasteiger partial charge in [-0.1, -0.05) is 29.4 Å². The summed E-state index contributed by atoms with van der Waals surface area (Å²) >= 11 is 3.38. The molecule has 1 N–H and O–H groups in total. The average molecular weight is 228 g/mol. The molecule has 0 aromatic heterocycles. The molecule has 0 radical (unpaired) electrons. The van der Waals surface area contributed by atoms with Crippen molar-refractivity contribution in [2.75, 3.05) is 5.32 Å². The van der Waals surface area contributed by atoms with Crippen LogP contribution < -0.4 is 5.32 Å². The maximum absolute atomic E-state index is 10.9. The third-order valence-electron chi connectivity index (χ3n) is 1.73. The van der Waals surface area contributed by atoms with Gasteiger partial charge in [0, 0.05) is 10.2 Å². The van der Waals surface area contributed by atoms with E-state index in [-0.39, 0.29) is 13.3 Å². The van der Waals surface area contributed by atoms with Crippen LogP contribution in [-0.4, -0.2) is 5.91 Å². The lowest BCUT2D eigenvalue weighted by Crippen LogP contribution is -2.03. The van der Waals surface area contributed by atoms with Crippen molar-refractivity contribution in [3.05, 3.63) is 28.2 Å². The van der Waals surface area contributed by atoms with Crippen LogP contribution in [0.1, 0.15) is 13.0 Å². The summed E-state index contributed by atoms with van der Waals surface area (Å²) in [5.74, 6) is 0.0758. The van der Waals surface area contributed by atoms with Gasteiger partial charge in [0.25, 0.3) is 0 Å². The number of nitrogens with one attached hydrogen (secondary N) is 1. The highest BCUT2D eigenvalue weighted by Gasteiger charge is 2.18. The molecule has 0 aliphatic carbocycles. The maximum atomic E-state index is 10.9. The van der Waals surface area contributed by atoms with Gasteiger partial charge in [0.2, 0.25) is 5.91 Å². The van der Waals surface area contributed by atoms with E-state index < -0.39 is 0 Å². The van der Waals surface area contributed by atoms with Crippen LogP contribution in [0, 0.1) is 0 Å². The molecular weight excluding hydrogens is 218 g/mol. The van der Waals surface area contributed by atoms with E-state index in [1.807, 2.05) is 18.2 Å². The van der Waals surface area contributed by atoms with Gasteiger partial charge in [-0.3, -0.25) is 4.79 Å². The van der Waals surface area contributed by atoms with E-state index >= 15 is 0 Å². The van der Waals surface area contributed by atoms with Crippen LogP contribution in [-0.2, 0) is 11.2 Å². The third-order valence-corrected chi connectivity index (χ3v) is 2.47. The van der Waals surface area contributed by atoms with Gasteiger partial charge >= 0.3 is 0 Å². The van der Waals surface area contributed by atoms with E-state index in [1.54, 1.807) is 0 Å². The zero-order valence-corrected chi connectivity index (χ0v) is 7.31. The minimum Gasteiger partial charge on any atom is -0.325 e. The van der Waals surface area contributed by atoms with Crippen molar-refractivity contribution in [3.8, 4) is 0 Å². The molecular formula is C9H10BrNO. The van der Waals surface area contributed by atoms with Gasteiger partial charge in [0.15, 0.2) is 0 Å². The van der Waals surface area contributed by atoms with Crippen molar-refractivity contribution in [1.82, 2.24) is 0 Å². The van der Waals surface area contributed by atoms with Crippen LogP contribution in [0.5, 0.6) is 0 Å². The molecule has 0 saturated carbocycles.